The first-order valence-electron chi connectivity index (χ1n) is 8.04. The minimum Gasteiger partial charge on any atom is -0.258 e. The van der Waals surface area contributed by atoms with E-state index in [0.29, 0.717) is 0 Å². The van der Waals surface area contributed by atoms with Gasteiger partial charge in [-0.3, -0.25) is 10.1 Å². The molecule has 0 atom stereocenters. The molecule has 0 saturated carbocycles. The van der Waals surface area contributed by atoms with Gasteiger partial charge in [0.2, 0.25) is 0 Å². The van der Waals surface area contributed by atoms with E-state index in [9.17, 15) is 10.1 Å². The van der Waals surface area contributed by atoms with E-state index in [4.69, 9.17) is 4.42 Å². The molecule has 0 N–H and O–H groups in total. The maximum Gasteiger partial charge on any atom is 0.361 e. The first-order chi connectivity index (χ1) is 12.7. The molecule has 2 aromatic carbocycles. The topological polar surface area (TPSA) is 54.4 Å². The van der Waals surface area contributed by atoms with Gasteiger partial charge in [0, 0.05) is 16.5 Å². The summed E-state index contributed by atoms with van der Waals surface area (Å²) in [5.41, 5.74) is 2.81. The Bertz CT molecular complexity index is 1000. The molecule has 2 aromatic heterocycles. The van der Waals surface area contributed by atoms with Crippen LogP contribution >= 0.6 is 11.3 Å². The second-order valence-electron chi connectivity index (χ2n) is 5.70. The van der Waals surface area contributed by atoms with E-state index < -0.39 is 0 Å². The van der Waals surface area contributed by atoms with E-state index >= 15 is 0 Å². The Morgan fingerprint density at radius 1 is 0.731 bits per heavy atom. The molecule has 5 heteroatoms. The van der Waals surface area contributed by atoms with Crippen LogP contribution in [0.1, 0.15) is 0 Å². The number of hydrogen-bond acceptors (Lipinski definition) is 3. The third-order valence-corrected chi connectivity index (χ3v) is 5.05. The first-order valence-corrected chi connectivity index (χ1v) is 8.86. The lowest BCUT2D eigenvalue weighted by molar-refractivity contribution is -0.380. The quantitative estimate of drug-likeness (QED) is 0.236. The standard InChI is InChI=1S/C21H14NO3S/c23-22(24)21-12-11-20(26-21)17-13-18(15-7-3-1-4-8-15)25-19(14-17)16-9-5-2-6-10-16/h1-14H/q+1. The SMILES string of the molecule is O=[N+]([O-])c1ccc(-c2cc(-c3ccccc3)[o+]c(-c3ccccc3)c2)s1. The maximum absolute atomic E-state index is 11.0. The van der Waals surface area contributed by atoms with Crippen molar-refractivity contribution in [2.24, 2.45) is 0 Å². The highest BCUT2D eigenvalue weighted by molar-refractivity contribution is 7.18. The zero-order valence-electron chi connectivity index (χ0n) is 13.7. The molecular weight excluding hydrogens is 346 g/mol. The molecule has 26 heavy (non-hydrogen) atoms. The number of thiophene rings is 1. The molecule has 0 spiro atoms. The smallest absolute Gasteiger partial charge is 0.258 e. The molecule has 0 saturated heterocycles. The van der Waals surface area contributed by atoms with E-state index in [1.807, 2.05) is 72.8 Å². The van der Waals surface area contributed by atoms with Gasteiger partial charge in [0.05, 0.1) is 28.2 Å². The average Bonchev–Trinajstić information content (AvgIpc) is 3.20. The summed E-state index contributed by atoms with van der Waals surface area (Å²) in [5.74, 6) is 1.44. The molecule has 0 aliphatic rings. The summed E-state index contributed by atoms with van der Waals surface area (Å²) in [6.07, 6.45) is 0. The van der Waals surface area contributed by atoms with Crippen molar-refractivity contribution in [3.05, 3.63) is 95.0 Å². The normalized spacial score (nSPS) is 10.6. The van der Waals surface area contributed by atoms with Crippen LogP contribution in [0.4, 0.5) is 5.00 Å². The lowest BCUT2D eigenvalue weighted by Gasteiger charge is -1.99. The minimum atomic E-state index is -0.363. The third-order valence-electron chi connectivity index (χ3n) is 3.97. The molecule has 0 aliphatic heterocycles. The lowest BCUT2D eigenvalue weighted by atomic mass is 10.1. The summed E-state index contributed by atoms with van der Waals surface area (Å²) in [5, 5.41) is 11.1. The second kappa shape index (κ2) is 6.90. The van der Waals surface area contributed by atoms with E-state index in [1.54, 1.807) is 6.07 Å². The van der Waals surface area contributed by atoms with Crippen molar-refractivity contribution < 1.29 is 9.34 Å². The lowest BCUT2D eigenvalue weighted by Crippen LogP contribution is -1.84. The molecular formula is C21H14NO3S+. The molecule has 0 fully saturated rings. The number of rotatable bonds is 4. The predicted molar refractivity (Wildman–Crippen MR) is 104 cm³/mol. The Balaban J connectivity index is 1.89. The molecule has 126 valence electrons. The van der Waals surface area contributed by atoms with E-state index in [2.05, 4.69) is 0 Å². The van der Waals surface area contributed by atoms with Gasteiger partial charge in [0.15, 0.2) is 0 Å². The van der Waals surface area contributed by atoms with Gasteiger partial charge < -0.3 is 0 Å². The molecule has 4 rings (SSSR count). The maximum atomic E-state index is 11.0. The number of nitro groups is 1. The summed E-state index contributed by atoms with van der Waals surface area (Å²) in [6, 6.07) is 26.8. The van der Waals surface area contributed by atoms with E-state index in [1.165, 1.54) is 6.07 Å². The molecule has 0 bridgehead atoms. The van der Waals surface area contributed by atoms with Crippen LogP contribution in [0.2, 0.25) is 0 Å². The fourth-order valence-electron chi connectivity index (χ4n) is 2.71. The zero-order chi connectivity index (χ0) is 17.9. The van der Waals surface area contributed by atoms with E-state index in [-0.39, 0.29) is 9.92 Å². The summed E-state index contributed by atoms with van der Waals surface area (Å²) in [4.78, 5) is 11.5. The fourth-order valence-corrected chi connectivity index (χ4v) is 3.52. The predicted octanol–water partition coefficient (Wildman–Crippen LogP) is 6.53. The molecule has 0 amide bonds. The van der Waals surface area contributed by atoms with Gasteiger partial charge >= 0.3 is 16.5 Å². The Morgan fingerprint density at radius 2 is 1.27 bits per heavy atom. The van der Waals surface area contributed by atoms with Crippen LogP contribution in [-0.4, -0.2) is 4.92 Å². The van der Waals surface area contributed by atoms with Crippen molar-refractivity contribution in [1.82, 2.24) is 0 Å². The van der Waals surface area contributed by atoms with Gasteiger partial charge in [0.25, 0.3) is 0 Å². The van der Waals surface area contributed by atoms with Gasteiger partial charge in [-0.15, -0.1) is 0 Å². The Labute approximate surface area is 154 Å². The average molecular weight is 360 g/mol. The van der Waals surface area contributed by atoms with Crippen molar-refractivity contribution in [1.29, 1.82) is 0 Å². The van der Waals surface area contributed by atoms with Crippen LogP contribution < -0.4 is 0 Å². The van der Waals surface area contributed by atoms with Crippen molar-refractivity contribution in [3.63, 3.8) is 0 Å². The van der Waals surface area contributed by atoms with Gasteiger partial charge in [0.1, 0.15) is 0 Å². The summed E-state index contributed by atoms with van der Waals surface area (Å²) < 4.78 is 6.14. The molecule has 2 heterocycles. The first kappa shape index (κ1) is 16.2. The number of benzene rings is 2. The van der Waals surface area contributed by atoms with E-state index in [0.717, 1.165) is 44.4 Å². The highest BCUT2D eigenvalue weighted by Gasteiger charge is 2.22. The minimum absolute atomic E-state index is 0.128. The number of hydrogen-bond donors (Lipinski definition) is 0. The Morgan fingerprint density at radius 3 is 1.73 bits per heavy atom. The van der Waals surface area contributed by atoms with Crippen LogP contribution in [0, 0.1) is 10.1 Å². The number of nitrogens with zero attached hydrogens (tertiary/aromatic N) is 1. The van der Waals surface area contributed by atoms with Crippen molar-refractivity contribution in [2.45, 2.75) is 0 Å². The molecule has 0 radical (unpaired) electrons. The summed E-state index contributed by atoms with van der Waals surface area (Å²) in [6.45, 7) is 0. The van der Waals surface area contributed by atoms with Crippen molar-refractivity contribution >= 4 is 16.3 Å². The fraction of sp³-hybridized carbons (Fsp3) is 0. The van der Waals surface area contributed by atoms with Crippen molar-refractivity contribution in [2.75, 3.05) is 0 Å². The molecule has 4 aromatic rings. The largest absolute Gasteiger partial charge is 0.361 e. The van der Waals surface area contributed by atoms with Gasteiger partial charge in [-0.05, 0) is 30.3 Å². The Hall–Kier alpha value is -3.31. The van der Waals surface area contributed by atoms with Gasteiger partial charge in [-0.2, -0.15) is 0 Å². The second-order valence-corrected chi connectivity index (χ2v) is 6.76. The molecule has 0 aliphatic carbocycles. The van der Waals surface area contributed by atoms with Crippen LogP contribution in [0.15, 0.2) is 89.3 Å². The summed E-state index contributed by atoms with van der Waals surface area (Å²) in [7, 11) is 0. The molecule has 0 unspecified atom stereocenters. The van der Waals surface area contributed by atoms with Crippen LogP contribution in [-0.2, 0) is 0 Å². The molecule has 4 nitrogen and oxygen atoms in total. The van der Waals surface area contributed by atoms with Gasteiger partial charge in [-0.1, -0.05) is 47.7 Å². The zero-order valence-corrected chi connectivity index (χ0v) is 14.5. The van der Waals surface area contributed by atoms with Crippen LogP contribution in [0.5, 0.6) is 0 Å². The highest BCUT2D eigenvalue weighted by atomic mass is 32.1. The van der Waals surface area contributed by atoms with Crippen molar-refractivity contribution in [3.8, 4) is 33.1 Å². The van der Waals surface area contributed by atoms with Gasteiger partial charge in [-0.25, -0.2) is 4.42 Å². The summed E-state index contributed by atoms with van der Waals surface area (Å²) >= 11 is 1.16. The Kier molecular flexibility index (Phi) is 4.29. The third kappa shape index (κ3) is 3.25. The van der Waals surface area contributed by atoms with Crippen LogP contribution in [0.25, 0.3) is 33.1 Å². The monoisotopic (exact) mass is 360 g/mol. The van der Waals surface area contributed by atoms with Crippen LogP contribution in [0.3, 0.4) is 0 Å². The highest BCUT2D eigenvalue weighted by Crippen LogP contribution is 2.37.